The van der Waals surface area contributed by atoms with Crippen molar-refractivity contribution in [3.8, 4) is 0 Å². The van der Waals surface area contributed by atoms with E-state index in [1.807, 2.05) is 0 Å². The summed E-state index contributed by atoms with van der Waals surface area (Å²) in [6, 6.07) is 1.64. The summed E-state index contributed by atoms with van der Waals surface area (Å²) in [5.41, 5.74) is 0. The molecule has 0 amide bonds. The van der Waals surface area contributed by atoms with Crippen molar-refractivity contribution in [1.82, 2.24) is 15.1 Å². The van der Waals surface area contributed by atoms with Gasteiger partial charge in [0.05, 0.1) is 0 Å². The summed E-state index contributed by atoms with van der Waals surface area (Å²) in [7, 11) is 2.33. The van der Waals surface area contributed by atoms with Gasteiger partial charge in [-0.3, -0.25) is 4.90 Å². The molecule has 2 rings (SSSR count). The highest BCUT2D eigenvalue weighted by atomic mass is 15.3. The van der Waals surface area contributed by atoms with Gasteiger partial charge in [0.25, 0.3) is 0 Å². The van der Waals surface area contributed by atoms with Crippen LogP contribution in [0.25, 0.3) is 0 Å². The average molecular weight is 211 g/mol. The molecular weight excluding hydrogens is 186 g/mol. The van der Waals surface area contributed by atoms with Gasteiger partial charge in [0.2, 0.25) is 0 Å². The van der Waals surface area contributed by atoms with Gasteiger partial charge in [0, 0.05) is 18.6 Å². The van der Waals surface area contributed by atoms with Crippen LogP contribution in [0.15, 0.2) is 0 Å². The van der Waals surface area contributed by atoms with Gasteiger partial charge in [-0.25, -0.2) is 0 Å². The molecule has 2 heterocycles. The third-order valence-electron chi connectivity index (χ3n) is 4.16. The zero-order valence-electron chi connectivity index (χ0n) is 10.2. The summed E-state index contributed by atoms with van der Waals surface area (Å²) in [6.07, 6.45) is 4.03. The van der Waals surface area contributed by atoms with Crippen LogP contribution in [-0.2, 0) is 0 Å². The molecule has 3 nitrogen and oxygen atoms in total. The second-order valence-electron chi connectivity index (χ2n) is 4.98. The van der Waals surface area contributed by atoms with Gasteiger partial charge in [0.1, 0.15) is 0 Å². The van der Waals surface area contributed by atoms with Crippen LogP contribution in [0.5, 0.6) is 0 Å². The quantitative estimate of drug-likeness (QED) is 0.744. The predicted molar refractivity (Wildman–Crippen MR) is 64.2 cm³/mol. The van der Waals surface area contributed by atoms with Crippen LogP contribution < -0.4 is 5.32 Å². The van der Waals surface area contributed by atoms with Crippen LogP contribution in [0.3, 0.4) is 0 Å². The lowest BCUT2D eigenvalue weighted by Crippen LogP contribution is -2.46. The Morgan fingerprint density at radius 2 is 1.93 bits per heavy atom. The number of nitrogens with one attached hydrogen (secondary N) is 1. The van der Waals surface area contributed by atoms with Crippen LogP contribution in [0.4, 0.5) is 0 Å². The van der Waals surface area contributed by atoms with Crippen LogP contribution in [0.2, 0.25) is 0 Å². The lowest BCUT2D eigenvalue weighted by Gasteiger charge is -2.35. The number of hydrogen-bond acceptors (Lipinski definition) is 3. The van der Waals surface area contributed by atoms with Gasteiger partial charge in [-0.05, 0) is 52.5 Å². The number of hydrogen-bond donors (Lipinski definition) is 1. The zero-order valence-corrected chi connectivity index (χ0v) is 10.2. The molecule has 1 unspecified atom stereocenters. The number of likely N-dealkylation sites (N-methyl/N-ethyl adjacent to an activating group) is 2. The normalized spacial score (nSPS) is 30.2. The molecule has 1 atom stereocenters. The fraction of sp³-hybridized carbons (Fsp3) is 1.00. The summed E-state index contributed by atoms with van der Waals surface area (Å²) in [6.45, 7) is 8.50. The van der Waals surface area contributed by atoms with E-state index in [1.54, 1.807) is 0 Å². The van der Waals surface area contributed by atoms with Crippen LogP contribution >= 0.6 is 0 Å². The van der Waals surface area contributed by atoms with E-state index in [-0.39, 0.29) is 0 Å². The lowest BCUT2D eigenvalue weighted by atomic mass is 10.0. The number of likely N-dealkylation sites (tertiary alicyclic amines) is 1. The Balaban J connectivity index is 1.82. The van der Waals surface area contributed by atoms with Crippen molar-refractivity contribution in [2.24, 2.45) is 0 Å². The molecule has 0 bridgehead atoms. The van der Waals surface area contributed by atoms with Crippen molar-refractivity contribution in [2.45, 2.75) is 38.3 Å². The van der Waals surface area contributed by atoms with Gasteiger partial charge < -0.3 is 10.2 Å². The molecule has 2 fully saturated rings. The molecule has 0 aromatic carbocycles. The standard InChI is InChI=1S/C12H25N3/c1-3-15-9-6-12(10-15)14(2)11-4-7-13-8-5-11/h11-13H,3-10H2,1-2H3. The molecule has 2 aliphatic rings. The van der Waals surface area contributed by atoms with Crippen molar-refractivity contribution in [2.75, 3.05) is 39.8 Å². The van der Waals surface area contributed by atoms with Crippen LogP contribution in [-0.4, -0.2) is 61.7 Å². The second kappa shape index (κ2) is 5.28. The Morgan fingerprint density at radius 3 is 2.53 bits per heavy atom. The monoisotopic (exact) mass is 211 g/mol. The Bertz CT molecular complexity index is 189. The maximum atomic E-state index is 3.44. The van der Waals surface area contributed by atoms with E-state index in [0.29, 0.717) is 0 Å². The van der Waals surface area contributed by atoms with Gasteiger partial charge in [-0.15, -0.1) is 0 Å². The number of piperidine rings is 1. The Morgan fingerprint density at radius 1 is 1.20 bits per heavy atom. The first-order valence-corrected chi connectivity index (χ1v) is 6.46. The molecular formula is C12H25N3. The molecule has 0 aromatic rings. The van der Waals surface area contributed by atoms with Crippen molar-refractivity contribution >= 4 is 0 Å². The molecule has 3 heteroatoms. The highest BCUT2D eigenvalue weighted by Crippen LogP contribution is 2.19. The summed E-state index contributed by atoms with van der Waals surface area (Å²) in [5, 5.41) is 3.44. The number of nitrogens with zero attached hydrogens (tertiary/aromatic N) is 2. The topological polar surface area (TPSA) is 18.5 Å². The fourth-order valence-electron chi connectivity index (χ4n) is 2.94. The third-order valence-corrected chi connectivity index (χ3v) is 4.16. The zero-order chi connectivity index (χ0) is 10.7. The van der Waals surface area contributed by atoms with Crippen molar-refractivity contribution < 1.29 is 0 Å². The van der Waals surface area contributed by atoms with E-state index >= 15 is 0 Å². The Hall–Kier alpha value is -0.120. The molecule has 0 spiro atoms. The molecule has 15 heavy (non-hydrogen) atoms. The summed E-state index contributed by atoms with van der Waals surface area (Å²) in [5.74, 6) is 0. The smallest absolute Gasteiger partial charge is 0.0235 e. The molecule has 2 aliphatic heterocycles. The maximum absolute atomic E-state index is 3.44. The lowest BCUT2D eigenvalue weighted by molar-refractivity contribution is 0.143. The van der Waals surface area contributed by atoms with Gasteiger partial charge in [-0.1, -0.05) is 6.92 Å². The minimum atomic E-state index is 0.813. The van der Waals surface area contributed by atoms with E-state index in [0.717, 1.165) is 12.1 Å². The van der Waals surface area contributed by atoms with Gasteiger partial charge >= 0.3 is 0 Å². The van der Waals surface area contributed by atoms with Crippen LogP contribution in [0.1, 0.15) is 26.2 Å². The van der Waals surface area contributed by atoms with Gasteiger partial charge in [-0.2, -0.15) is 0 Å². The molecule has 88 valence electrons. The van der Waals surface area contributed by atoms with Crippen molar-refractivity contribution in [3.05, 3.63) is 0 Å². The number of rotatable bonds is 3. The van der Waals surface area contributed by atoms with E-state index in [4.69, 9.17) is 0 Å². The SMILES string of the molecule is CCN1CCC(N(C)C2CCNCC2)C1. The molecule has 0 aliphatic carbocycles. The van der Waals surface area contributed by atoms with E-state index in [1.165, 1.54) is 52.0 Å². The summed E-state index contributed by atoms with van der Waals surface area (Å²) < 4.78 is 0. The molecule has 0 saturated carbocycles. The Kier molecular flexibility index (Phi) is 4.00. The third kappa shape index (κ3) is 2.71. The second-order valence-corrected chi connectivity index (χ2v) is 4.98. The minimum absolute atomic E-state index is 0.813. The van der Waals surface area contributed by atoms with Crippen LogP contribution in [0, 0.1) is 0 Å². The Labute approximate surface area is 93.8 Å². The molecule has 2 saturated heterocycles. The molecule has 1 N–H and O–H groups in total. The largest absolute Gasteiger partial charge is 0.317 e. The van der Waals surface area contributed by atoms with Crippen molar-refractivity contribution in [3.63, 3.8) is 0 Å². The minimum Gasteiger partial charge on any atom is -0.317 e. The van der Waals surface area contributed by atoms with Gasteiger partial charge in [0.15, 0.2) is 0 Å². The van der Waals surface area contributed by atoms with E-state index in [9.17, 15) is 0 Å². The summed E-state index contributed by atoms with van der Waals surface area (Å²) >= 11 is 0. The highest BCUT2D eigenvalue weighted by Gasteiger charge is 2.29. The van der Waals surface area contributed by atoms with E-state index in [2.05, 4.69) is 29.1 Å². The fourth-order valence-corrected chi connectivity index (χ4v) is 2.94. The first-order chi connectivity index (χ1) is 7.31. The van der Waals surface area contributed by atoms with Crippen molar-refractivity contribution in [1.29, 1.82) is 0 Å². The average Bonchev–Trinajstić information content (AvgIpc) is 2.78. The first-order valence-electron chi connectivity index (χ1n) is 6.46. The maximum Gasteiger partial charge on any atom is 0.0235 e. The molecule has 0 aromatic heterocycles. The predicted octanol–water partition coefficient (Wildman–Crippen LogP) is 0.764. The highest BCUT2D eigenvalue weighted by molar-refractivity contribution is 4.86. The summed E-state index contributed by atoms with van der Waals surface area (Å²) in [4.78, 5) is 5.22. The van der Waals surface area contributed by atoms with E-state index < -0.39 is 0 Å². The molecule has 0 radical (unpaired) electrons. The first kappa shape index (κ1) is 11.4.